The molecule has 0 radical (unpaired) electrons. The van der Waals surface area contributed by atoms with Gasteiger partial charge in [-0.15, -0.1) is 0 Å². The summed E-state index contributed by atoms with van der Waals surface area (Å²) in [6.45, 7) is 6.23. The van der Waals surface area contributed by atoms with Gasteiger partial charge in [-0.3, -0.25) is 9.69 Å². The zero-order chi connectivity index (χ0) is 22.6. The van der Waals surface area contributed by atoms with Crippen molar-refractivity contribution in [2.24, 2.45) is 0 Å². The van der Waals surface area contributed by atoms with Crippen molar-refractivity contribution in [1.82, 2.24) is 9.80 Å². The van der Waals surface area contributed by atoms with Gasteiger partial charge in [-0.25, -0.2) is 9.59 Å². The monoisotopic (exact) mass is 424 g/mol. The van der Waals surface area contributed by atoms with E-state index in [9.17, 15) is 14.4 Å². The molecule has 7 nitrogen and oxygen atoms in total. The Balaban J connectivity index is 0.000000366. The van der Waals surface area contributed by atoms with Gasteiger partial charge in [-0.2, -0.15) is 0 Å². The van der Waals surface area contributed by atoms with E-state index in [1.54, 1.807) is 6.92 Å². The number of rotatable bonds is 6. The van der Waals surface area contributed by atoms with Gasteiger partial charge >= 0.3 is 11.9 Å². The van der Waals surface area contributed by atoms with Crippen LogP contribution in [-0.4, -0.2) is 64.0 Å². The third-order valence-electron chi connectivity index (χ3n) is 4.94. The Hall–Kier alpha value is -3.45. The summed E-state index contributed by atoms with van der Waals surface area (Å²) in [4.78, 5) is 34.9. The summed E-state index contributed by atoms with van der Waals surface area (Å²) in [6, 6.07) is 19.3. The lowest BCUT2D eigenvalue weighted by Gasteiger charge is -2.34. The fraction of sp³-hybridized carbons (Fsp3) is 0.292. The summed E-state index contributed by atoms with van der Waals surface area (Å²) in [5.74, 6) is -2.33. The molecule has 31 heavy (non-hydrogen) atoms. The van der Waals surface area contributed by atoms with Gasteiger partial charge in [0.15, 0.2) is 0 Å². The largest absolute Gasteiger partial charge is 0.478 e. The van der Waals surface area contributed by atoms with Crippen molar-refractivity contribution in [3.63, 3.8) is 0 Å². The third-order valence-corrected chi connectivity index (χ3v) is 4.94. The highest BCUT2D eigenvalue weighted by molar-refractivity contribution is 5.89. The lowest BCUT2D eigenvalue weighted by Crippen LogP contribution is -2.47. The molecule has 0 aromatic heterocycles. The summed E-state index contributed by atoms with van der Waals surface area (Å²) in [7, 11) is 0. The van der Waals surface area contributed by atoms with Crippen LogP contribution >= 0.6 is 0 Å². The predicted octanol–water partition coefficient (Wildman–Crippen LogP) is 2.65. The highest BCUT2D eigenvalue weighted by Crippen LogP contribution is 2.17. The molecule has 0 unspecified atom stereocenters. The molecule has 1 aliphatic rings. The van der Waals surface area contributed by atoms with Crippen molar-refractivity contribution < 1.29 is 24.6 Å². The van der Waals surface area contributed by atoms with Gasteiger partial charge in [0.05, 0.1) is 0 Å². The van der Waals surface area contributed by atoms with Crippen LogP contribution in [0.15, 0.2) is 66.7 Å². The Morgan fingerprint density at radius 2 is 1.32 bits per heavy atom. The predicted molar refractivity (Wildman–Crippen MR) is 118 cm³/mol. The van der Waals surface area contributed by atoms with Crippen molar-refractivity contribution in [2.75, 3.05) is 26.2 Å². The van der Waals surface area contributed by atoms with E-state index in [-0.39, 0.29) is 5.91 Å². The first-order chi connectivity index (χ1) is 14.8. The molecule has 2 aromatic carbocycles. The summed E-state index contributed by atoms with van der Waals surface area (Å²) in [6.07, 6.45) is 2.09. The number of amides is 1. The van der Waals surface area contributed by atoms with Crippen LogP contribution in [0.1, 0.15) is 23.6 Å². The van der Waals surface area contributed by atoms with Crippen LogP contribution in [0.4, 0.5) is 0 Å². The van der Waals surface area contributed by atoms with Crippen LogP contribution in [0.3, 0.4) is 0 Å². The Kier molecular flexibility index (Phi) is 9.45. The van der Waals surface area contributed by atoms with E-state index in [0.29, 0.717) is 12.2 Å². The fourth-order valence-electron chi connectivity index (χ4n) is 3.30. The van der Waals surface area contributed by atoms with Crippen LogP contribution in [0, 0.1) is 0 Å². The van der Waals surface area contributed by atoms with E-state index < -0.39 is 11.9 Å². The van der Waals surface area contributed by atoms with E-state index in [4.69, 9.17) is 10.2 Å². The molecular weight excluding hydrogens is 396 g/mol. The zero-order valence-electron chi connectivity index (χ0n) is 17.6. The highest BCUT2D eigenvalue weighted by atomic mass is 16.4. The number of carbonyl (C=O) groups is 3. The topological polar surface area (TPSA) is 98.2 Å². The Labute approximate surface area is 182 Å². The molecule has 0 atom stereocenters. The maximum Gasteiger partial charge on any atom is 0.328 e. The molecule has 0 aliphatic carbocycles. The van der Waals surface area contributed by atoms with Gasteiger partial charge in [0, 0.05) is 51.8 Å². The minimum Gasteiger partial charge on any atom is -0.478 e. The van der Waals surface area contributed by atoms with Gasteiger partial charge in [0.2, 0.25) is 5.91 Å². The molecule has 1 aliphatic heterocycles. The lowest BCUT2D eigenvalue weighted by atomic mass is 9.99. The molecule has 1 fully saturated rings. The van der Waals surface area contributed by atoms with Gasteiger partial charge in [0.1, 0.15) is 0 Å². The number of aliphatic carboxylic acids is 2. The lowest BCUT2D eigenvalue weighted by molar-refractivity contribution is -0.134. The first kappa shape index (κ1) is 23.8. The molecule has 0 bridgehead atoms. The first-order valence-electron chi connectivity index (χ1n) is 10.1. The van der Waals surface area contributed by atoms with Crippen molar-refractivity contribution in [2.45, 2.75) is 19.9 Å². The second-order valence-electron chi connectivity index (χ2n) is 7.22. The molecular formula is C24H28N2O5. The highest BCUT2D eigenvalue weighted by Gasteiger charge is 2.19. The molecule has 7 heteroatoms. The Morgan fingerprint density at radius 3 is 1.84 bits per heavy atom. The molecule has 1 amide bonds. The van der Waals surface area contributed by atoms with Crippen LogP contribution in [-0.2, 0) is 27.3 Å². The molecule has 1 saturated heterocycles. The first-order valence-corrected chi connectivity index (χ1v) is 10.1. The Morgan fingerprint density at radius 1 is 0.806 bits per heavy atom. The van der Waals surface area contributed by atoms with Gasteiger partial charge in [-0.05, 0) is 23.1 Å². The third kappa shape index (κ3) is 8.84. The second-order valence-corrected chi connectivity index (χ2v) is 7.22. The average molecular weight is 424 g/mol. The number of carboxylic acids is 2. The van der Waals surface area contributed by atoms with Crippen molar-refractivity contribution in [3.8, 4) is 0 Å². The Bertz CT molecular complexity index is 887. The van der Waals surface area contributed by atoms with Crippen molar-refractivity contribution >= 4 is 17.8 Å². The minimum absolute atomic E-state index is 0.189. The summed E-state index contributed by atoms with van der Waals surface area (Å²) >= 11 is 0. The maximum absolute atomic E-state index is 11.4. The minimum atomic E-state index is -1.26. The number of carbonyl (C=O) groups excluding carboxylic acids is 1. The fourth-order valence-corrected chi connectivity index (χ4v) is 3.30. The average Bonchev–Trinajstić information content (AvgIpc) is 2.75. The molecule has 0 saturated carbocycles. The molecule has 0 spiro atoms. The number of piperazine rings is 1. The van der Waals surface area contributed by atoms with Crippen LogP contribution in [0.2, 0.25) is 0 Å². The van der Waals surface area contributed by atoms with E-state index >= 15 is 0 Å². The standard InChI is InChI=1S/C20H24N2O.C4H4O4/c1-17(23)22-13-11-21(12-14-22)16-20-10-6-5-9-19(20)15-18-7-3-2-4-8-18;5-3(6)1-2-4(7)8/h2-10H,11-16H2,1H3;1-2H,(H,5,6)(H,7,8)/b;2-1+. The van der Waals surface area contributed by atoms with Crippen LogP contribution in [0.25, 0.3) is 0 Å². The maximum atomic E-state index is 11.4. The molecule has 2 N–H and O–H groups in total. The van der Waals surface area contributed by atoms with Gasteiger partial charge < -0.3 is 15.1 Å². The van der Waals surface area contributed by atoms with Crippen LogP contribution < -0.4 is 0 Å². The number of hydrogen-bond acceptors (Lipinski definition) is 4. The smallest absolute Gasteiger partial charge is 0.328 e. The quantitative estimate of drug-likeness (QED) is 0.692. The van der Waals surface area contributed by atoms with Gasteiger partial charge in [-0.1, -0.05) is 54.6 Å². The SMILES string of the molecule is CC(=O)N1CCN(Cc2ccccc2Cc2ccccc2)CC1.O=C(O)/C=C/C(=O)O. The number of nitrogens with zero attached hydrogens (tertiary/aromatic N) is 2. The molecule has 164 valence electrons. The van der Waals surface area contributed by atoms with E-state index in [1.165, 1.54) is 16.7 Å². The molecule has 1 heterocycles. The van der Waals surface area contributed by atoms with Gasteiger partial charge in [0.25, 0.3) is 0 Å². The summed E-state index contributed by atoms with van der Waals surface area (Å²) < 4.78 is 0. The summed E-state index contributed by atoms with van der Waals surface area (Å²) in [5.41, 5.74) is 4.14. The second kappa shape index (κ2) is 12.3. The van der Waals surface area contributed by atoms with E-state index in [1.807, 2.05) is 4.90 Å². The van der Waals surface area contributed by atoms with Crippen molar-refractivity contribution in [1.29, 1.82) is 0 Å². The summed E-state index contributed by atoms with van der Waals surface area (Å²) in [5, 5.41) is 15.6. The molecule has 3 rings (SSSR count). The van der Waals surface area contributed by atoms with E-state index in [2.05, 4.69) is 59.5 Å². The number of carboxylic acid groups (broad SMARTS) is 2. The number of hydrogen-bond donors (Lipinski definition) is 2. The molecule has 2 aromatic rings. The van der Waals surface area contributed by atoms with Crippen molar-refractivity contribution in [3.05, 3.63) is 83.4 Å². The normalized spacial score (nSPS) is 14.0. The number of benzene rings is 2. The van der Waals surface area contributed by atoms with E-state index in [0.717, 1.165) is 39.1 Å². The zero-order valence-corrected chi connectivity index (χ0v) is 17.6. The van der Waals surface area contributed by atoms with Crippen LogP contribution in [0.5, 0.6) is 0 Å².